The lowest BCUT2D eigenvalue weighted by atomic mass is 9.83. The maximum atomic E-state index is 14.8. The third-order valence-corrected chi connectivity index (χ3v) is 13.7. The molecule has 0 bridgehead atoms. The number of likely N-dealkylation sites (N-methyl/N-ethyl adjacent to an activating group) is 2. The molecule has 2 N–H and O–H groups in total. The summed E-state index contributed by atoms with van der Waals surface area (Å²) in [6.45, 7) is 18.6. The predicted octanol–water partition coefficient (Wildman–Crippen LogP) is 2.73. The van der Waals surface area contributed by atoms with E-state index in [1.807, 2.05) is 6.07 Å². The number of piperidine rings is 1. The summed E-state index contributed by atoms with van der Waals surface area (Å²) in [5.41, 5.74) is 2.65. The number of likely N-dealkylation sites (tertiary alicyclic amines) is 1. The van der Waals surface area contributed by atoms with Crippen molar-refractivity contribution >= 4 is 45.8 Å². The number of hydrogen-bond donors (Lipinski definition) is 2. The Bertz CT molecular complexity index is 1730. The molecule has 0 aliphatic carbocycles. The van der Waals surface area contributed by atoms with Crippen LogP contribution < -0.4 is 10.6 Å². The Hall–Kier alpha value is -3.70. The highest BCUT2D eigenvalue weighted by Gasteiger charge is 2.43. The summed E-state index contributed by atoms with van der Waals surface area (Å²) >= 11 is 0. The second-order valence-electron chi connectivity index (χ2n) is 17.9. The number of ether oxygens (including phenoxy) is 1. The molecule has 4 fully saturated rings. The summed E-state index contributed by atoms with van der Waals surface area (Å²) in [4.78, 5) is 76.0. The van der Waals surface area contributed by atoms with E-state index in [0.717, 1.165) is 118 Å². The minimum atomic E-state index is -0.372. The van der Waals surface area contributed by atoms with Crippen molar-refractivity contribution in [1.82, 2.24) is 39.2 Å². The first-order valence-electron chi connectivity index (χ1n) is 23.0. The first kappa shape index (κ1) is 43.0. The van der Waals surface area contributed by atoms with E-state index >= 15 is 0 Å². The van der Waals surface area contributed by atoms with Crippen LogP contribution in [0.1, 0.15) is 86.4 Å². The number of rotatable bonds is 18. The molecule has 6 heterocycles. The number of anilines is 2. The molecule has 2 aromatic rings. The topological polar surface area (TPSA) is 127 Å². The monoisotopic (exact) mass is 829 g/mol. The number of nitrogens with zero attached hydrogens (tertiary/aromatic N) is 8. The second-order valence-corrected chi connectivity index (χ2v) is 17.9. The van der Waals surface area contributed by atoms with E-state index in [4.69, 9.17) is 4.74 Å². The maximum absolute atomic E-state index is 14.8. The number of amides is 4. The number of carbonyl (C=O) groups is 4. The molecule has 0 aromatic heterocycles. The number of piperazine rings is 2. The molecule has 0 atom stereocenters. The number of morpholine rings is 1. The molecule has 8 rings (SSSR count). The molecule has 4 amide bonds. The van der Waals surface area contributed by atoms with Crippen LogP contribution in [0.5, 0.6) is 0 Å². The lowest BCUT2D eigenvalue weighted by molar-refractivity contribution is 0.0352. The van der Waals surface area contributed by atoms with Crippen molar-refractivity contribution in [3.05, 3.63) is 34.4 Å². The Kier molecular flexibility index (Phi) is 14.3. The van der Waals surface area contributed by atoms with Gasteiger partial charge in [-0.3, -0.25) is 33.9 Å². The molecule has 60 heavy (non-hydrogen) atoms. The number of carbonyl (C=O) groups excluding carboxylic acids is 4. The van der Waals surface area contributed by atoms with Gasteiger partial charge in [-0.25, -0.2) is 0 Å². The van der Waals surface area contributed by atoms with Crippen LogP contribution in [0.15, 0.2) is 12.1 Å². The van der Waals surface area contributed by atoms with Crippen LogP contribution >= 0.6 is 0 Å². The van der Waals surface area contributed by atoms with E-state index in [1.54, 1.807) is 6.07 Å². The van der Waals surface area contributed by atoms with Gasteiger partial charge in [0.1, 0.15) is 0 Å². The van der Waals surface area contributed by atoms with Crippen molar-refractivity contribution in [1.29, 1.82) is 0 Å². The van der Waals surface area contributed by atoms with Gasteiger partial charge in [-0.2, -0.15) is 0 Å². The first-order valence-corrected chi connectivity index (χ1v) is 23.0. The Morgan fingerprint density at radius 3 is 1.32 bits per heavy atom. The normalized spacial score (nSPS) is 21.8. The van der Waals surface area contributed by atoms with E-state index in [-0.39, 0.29) is 30.2 Å². The van der Waals surface area contributed by atoms with Crippen molar-refractivity contribution < 1.29 is 23.9 Å². The van der Waals surface area contributed by atoms with E-state index in [9.17, 15) is 19.2 Å². The summed E-state index contributed by atoms with van der Waals surface area (Å²) in [5.74, 6) is -1.45. The van der Waals surface area contributed by atoms with Crippen LogP contribution in [0.4, 0.5) is 11.4 Å². The van der Waals surface area contributed by atoms with Crippen molar-refractivity contribution in [3.8, 4) is 0 Å². The minimum Gasteiger partial charge on any atom is -0.384 e. The highest BCUT2D eigenvalue weighted by molar-refractivity contribution is 6.36. The Balaban J connectivity index is 1.11. The van der Waals surface area contributed by atoms with Gasteiger partial charge >= 0.3 is 0 Å². The number of benzene rings is 2. The van der Waals surface area contributed by atoms with Gasteiger partial charge in [0, 0.05) is 120 Å². The van der Waals surface area contributed by atoms with Gasteiger partial charge in [0.2, 0.25) is 0 Å². The zero-order valence-corrected chi connectivity index (χ0v) is 36.3. The minimum absolute atomic E-state index is 0.277. The smallest absolute Gasteiger partial charge is 0.263 e. The average molecular weight is 829 g/mol. The molecule has 0 saturated carbocycles. The fourth-order valence-electron chi connectivity index (χ4n) is 9.95. The number of nitrogens with one attached hydrogen (secondary N) is 2. The van der Waals surface area contributed by atoms with Gasteiger partial charge < -0.3 is 39.9 Å². The van der Waals surface area contributed by atoms with Crippen LogP contribution in [0.2, 0.25) is 0 Å². The molecular weight excluding hydrogens is 761 g/mol. The molecule has 15 heteroatoms. The average Bonchev–Trinajstić information content (AvgIpc) is 3.26. The standard InChI is InChI=1S/C45H68N10O5/c1-48-20-24-51(25-21-48)14-6-10-46-36-33-35-39-38-34(42(56)54(44(58)40(36)38)18-8-16-50-12-4-3-5-13-50)32-37(47-11-7-15-52-26-22-49(2)23-27-52)41(39)45(59)55(43(35)57)19-9-17-53-28-30-60-31-29-53/h32-33,46-47H,3-31H2,1-2H3. The highest BCUT2D eigenvalue weighted by Crippen LogP contribution is 2.44. The first-order chi connectivity index (χ1) is 29.3. The molecule has 6 aliphatic heterocycles. The van der Waals surface area contributed by atoms with Crippen molar-refractivity contribution in [3.63, 3.8) is 0 Å². The SMILES string of the molecule is CN1CCN(CCCNc2cc3c4c(c(NCCCN5CCN(C)CC5)cc5c4c2C(=O)N(CCCN2CCCCC2)C5=O)C(=O)N(CCCN2CCOCC2)C3=O)CC1. The summed E-state index contributed by atoms with van der Waals surface area (Å²) in [6, 6.07) is 3.62. The van der Waals surface area contributed by atoms with E-state index in [1.165, 1.54) is 29.1 Å². The molecule has 15 nitrogen and oxygen atoms in total. The Morgan fingerprint density at radius 1 is 0.467 bits per heavy atom. The fourth-order valence-corrected chi connectivity index (χ4v) is 9.95. The van der Waals surface area contributed by atoms with Gasteiger partial charge in [0.15, 0.2) is 0 Å². The molecule has 328 valence electrons. The summed E-state index contributed by atoms with van der Waals surface area (Å²) in [5, 5.41) is 8.02. The van der Waals surface area contributed by atoms with Crippen LogP contribution in [0.25, 0.3) is 10.8 Å². The molecule has 0 spiro atoms. The van der Waals surface area contributed by atoms with Gasteiger partial charge in [-0.1, -0.05) is 6.42 Å². The lowest BCUT2D eigenvalue weighted by Crippen LogP contribution is -2.46. The van der Waals surface area contributed by atoms with Gasteiger partial charge in [0.25, 0.3) is 23.6 Å². The van der Waals surface area contributed by atoms with Crippen LogP contribution in [0, 0.1) is 0 Å². The molecule has 4 saturated heterocycles. The van der Waals surface area contributed by atoms with Gasteiger partial charge in [-0.05, 0) is 97.5 Å². The van der Waals surface area contributed by atoms with Gasteiger partial charge in [-0.15, -0.1) is 0 Å². The predicted molar refractivity (Wildman–Crippen MR) is 236 cm³/mol. The molecule has 0 unspecified atom stereocenters. The zero-order valence-electron chi connectivity index (χ0n) is 36.3. The van der Waals surface area contributed by atoms with Crippen LogP contribution in [-0.2, 0) is 4.74 Å². The van der Waals surface area contributed by atoms with E-state index in [2.05, 4.69) is 54.1 Å². The zero-order chi connectivity index (χ0) is 41.6. The third kappa shape index (κ3) is 9.67. The van der Waals surface area contributed by atoms with Crippen LogP contribution in [-0.4, -0.2) is 221 Å². The molecule has 0 radical (unpaired) electrons. The van der Waals surface area contributed by atoms with Crippen molar-refractivity contribution in [2.45, 2.75) is 44.9 Å². The fraction of sp³-hybridized carbons (Fsp3) is 0.689. The highest BCUT2D eigenvalue weighted by atomic mass is 16.5. The largest absolute Gasteiger partial charge is 0.384 e. The second kappa shape index (κ2) is 20.0. The van der Waals surface area contributed by atoms with Gasteiger partial charge in [0.05, 0.1) is 35.5 Å². The summed E-state index contributed by atoms with van der Waals surface area (Å²) in [6.07, 6.45) is 6.65. The lowest BCUT2D eigenvalue weighted by Gasteiger charge is -2.35. The van der Waals surface area contributed by atoms with Crippen molar-refractivity contribution in [2.75, 3.05) is 169 Å². The number of hydrogen-bond acceptors (Lipinski definition) is 13. The quantitative estimate of drug-likeness (QED) is 0.169. The summed E-state index contributed by atoms with van der Waals surface area (Å²) in [7, 11) is 4.31. The van der Waals surface area contributed by atoms with E-state index in [0.29, 0.717) is 90.1 Å². The summed E-state index contributed by atoms with van der Waals surface area (Å²) < 4.78 is 5.54. The Morgan fingerprint density at radius 2 is 0.867 bits per heavy atom. The van der Waals surface area contributed by atoms with Crippen LogP contribution in [0.3, 0.4) is 0 Å². The third-order valence-electron chi connectivity index (χ3n) is 13.7. The molecule has 6 aliphatic rings. The molecule has 2 aromatic carbocycles. The Labute approximate surface area is 356 Å². The van der Waals surface area contributed by atoms with E-state index < -0.39 is 0 Å². The number of imide groups is 2. The maximum Gasteiger partial charge on any atom is 0.263 e. The van der Waals surface area contributed by atoms with Crippen molar-refractivity contribution in [2.24, 2.45) is 0 Å². The molecular formula is C45H68N10O5.